The lowest BCUT2D eigenvalue weighted by atomic mass is 9.83. The molecular weight excluding hydrogens is 580 g/mol. The second-order valence-corrected chi connectivity index (χ2v) is 14.4. The lowest BCUT2D eigenvalue weighted by molar-refractivity contribution is -0.384. The minimum atomic E-state index is -0.658. The van der Waals surface area contributed by atoms with Gasteiger partial charge < -0.3 is 14.9 Å². The molecule has 2 aromatic carbocycles. The molecule has 0 unspecified atom stereocenters. The minimum Gasteiger partial charge on any atom is -0.480 e. The number of carboxylic acids is 1. The molecule has 2 heterocycles. The van der Waals surface area contributed by atoms with Crippen molar-refractivity contribution in [3.8, 4) is 0 Å². The molecule has 9 nitrogen and oxygen atoms in total. The van der Waals surface area contributed by atoms with E-state index in [0.29, 0.717) is 30.6 Å². The fourth-order valence-corrected chi connectivity index (χ4v) is 8.46. The monoisotopic (exact) mass is 630 g/mol. The molecule has 3 atom stereocenters. The Bertz CT molecular complexity index is 1320. The highest BCUT2D eigenvalue weighted by atomic mass is 16.6. The van der Waals surface area contributed by atoms with Crippen molar-refractivity contribution >= 4 is 17.6 Å². The van der Waals surface area contributed by atoms with Crippen molar-refractivity contribution in [3.05, 3.63) is 75.8 Å². The van der Waals surface area contributed by atoms with E-state index in [4.69, 9.17) is 0 Å². The van der Waals surface area contributed by atoms with Crippen LogP contribution in [0.1, 0.15) is 81.3 Å². The number of piperidine rings is 1. The van der Waals surface area contributed by atoms with E-state index < -0.39 is 16.9 Å². The summed E-state index contributed by atoms with van der Waals surface area (Å²) in [6, 6.07) is 17.1. The first kappa shape index (κ1) is 32.6. The molecule has 2 aliphatic carbocycles. The van der Waals surface area contributed by atoms with Gasteiger partial charge in [-0.15, -0.1) is 0 Å². The number of hydrogen-bond acceptors (Lipinski definition) is 6. The van der Waals surface area contributed by atoms with Crippen LogP contribution in [0, 0.1) is 27.9 Å². The van der Waals surface area contributed by atoms with Gasteiger partial charge in [-0.1, -0.05) is 61.7 Å². The normalized spacial score (nSPS) is 24.1. The van der Waals surface area contributed by atoms with E-state index in [1.165, 1.54) is 37.0 Å². The number of non-ortho nitro benzene ring substituents is 1. The van der Waals surface area contributed by atoms with Gasteiger partial charge in [0, 0.05) is 69.8 Å². The first-order chi connectivity index (χ1) is 22.4. The number of aryl methyl sites for hydroxylation is 1. The summed E-state index contributed by atoms with van der Waals surface area (Å²) in [6.45, 7) is 5.32. The van der Waals surface area contributed by atoms with Crippen LogP contribution in [0.15, 0.2) is 54.6 Å². The maximum Gasteiger partial charge on any atom is 0.321 e. The second kappa shape index (κ2) is 15.1. The highest BCUT2D eigenvalue weighted by Gasteiger charge is 2.43. The molecule has 46 heavy (non-hydrogen) atoms. The average Bonchev–Trinajstić information content (AvgIpc) is 3.82. The van der Waals surface area contributed by atoms with Crippen LogP contribution in [0.25, 0.3) is 0 Å². The average molecular weight is 631 g/mol. The summed E-state index contributed by atoms with van der Waals surface area (Å²) in [5, 5.41) is 21.4. The van der Waals surface area contributed by atoms with Gasteiger partial charge in [0.2, 0.25) is 5.91 Å². The van der Waals surface area contributed by atoms with Gasteiger partial charge in [-0.05, 0) is 73.8 Å². The van der Waals surface area contributed by atoms with Crippen LogP contribution >= 0.6 is 0 Å². The second-order valence-electron chi connectivity index (χ2n) is 14.4. The number of nitro benzene ring substituents is 1. The number of nitro groups is 1. The number of carbonyl (C=O) groups excluding carboxylic acids is 1. The topological polar surface area (TPSA) is 107 Å². The van der Waals surface area contributed by atoms with Gasteiger partial charge in [-0.3, -0.25) is 24.6 Å². The van der Waals surface area contributed by atoms with Crippen molar-refractivity contribution in [3.63, 3.8) is 0 Å². The fourth-order valence-electron chi connectivity index (χ4n) is 8.46. The molecule has 0 bridgehead atoms. The van der Waals surface area contributed by atoms with Crippen molar-refractivity contribution < 1.29 is 19.6 Å². The zero-order valence-corrected chi connectivity index (χ0v) is 27.1. The molecule has 1 N–H and O–H groups in total. The first-order valence-electron chi connectivity index (χ1n) is 17.6. The third-order valence-electron chi connectivity index (χ3n) is 11.2. The standard InChI is InChI=1S/C37H50N4O5/c42-35(18-15-27-13-16-33(17-14-27)41(45)46)40(23-28-11-12-28)32-19-21-38(22-20-32)24-31-25-39(26-34(31)29-7-3-1-4-8-29)36(37(43)44)30-9-5-2-6-10-30/h1,3-4,7-8,13-14,16-17,28,30-32,34,36H,2,5-6,9-12,15,18-26H2,(H,43,44)/t31-,34+,36+/m0/s1. The predicted octanol–water partition coefficient (Wildman–Crippen LogP) is 5.98. The van der Waals surface area contributed by atoms with Gasteiger partial charge in [-0.2, -0.15) is 0 Å². The van der Waals surface area contributed by atoms with Crippen LogP contribution in [-0.2, 0) is 16.0 Å². The Balaban J connectivity index is 1.07. The van der Waals surface area contributed by atoms with Crippen LogP contribution in [0.3, 0.4) is 0 Å². The van der Waals surface area contributed by atoms with E-state index >= 15 is 0 Å². The molecule has 9 heteroatoms. The quantitative estimate of drug-likeness (QED) is 0.214. The molecule has 2 saturated heterocycles. The Labute approximate surface area is 273 Å². The molecular formula is C37H50N4O5. The maximum absolute atomic E-state index is 13.6. The molecule has 2 aliphatic heterocycles. The largest absolute Gasteiger partial charge is 0.480 e. The highest BCUT2D eigenvalue weighted by molar-refractivity contribution is 5.77. The van der Waals surface area contributed by atoms with Crippen molar-refractivity contribution in [1.82, 2.24) is 14.7 Å². The molecule has 2 aromatic rings. The SMILES string of the molecule is O=C(O)[C@@H](C1CCCCC1)N1C[C@H](CN2CCC(N(CC3CC3)C(=O)CCc3ccc([N+](=O)[O-])cc3)CC2)[C@@H](c2ccccc2)C1. The van der Waals surface area contributed by atoms with Gasteiger partial charge in [0.1, 0.15) is 6.04 Å². The molecule has 2 saturated carbocycles. The molecule has 6 rings (SSSR count). The number of amides is 1. The van der Waals surface area contributed by atoms with Crippen molar-refractivity contribution in [2.45, 2.75) is 88.6 Å². The lowest BCUT2D eigenvalue weighted by Gasteiger charge is -2.40. The Morgan fingerprint density at radius 2 is 1.61 bits per heavy atom. The van der Waals surface area contributed by atoms with Crippen molar-refractivity contribution in [2.24, 2.45) is 17.8 Å². The summed E-state index contributed by atoms with van der Waals surface area (Å²) in [6.07, 6.45) is 10.9. The lowest BCUT2D eigenvalue weighted by Crippen LogP contribution is -2.49. The fraction of sp³-hybridized carbons (Fsp3) is 0.622. The number of carbonyl (C=O) groups is 2. The summed E-state index contributed by atoms with van der Waals surface area (Å²) in [5.74, 6) is 1.08. The highest BCUT2D eigenvalue weighted by Crippen LogP contribution is 2.39. The van der Waals surface area contributed by atoms with E-state index in [0.717, 1.165) is 83.4 Å². The van der Waals surface area contributed by atoms with E-state index in [2.05, 4.69) is 45.0 Å². The molecule has 0 aromatic heterocycles. The van der Waals surface area contributed by atoms with Gasteiger partial charge in [0.15, 0.2) is 0 Å². The summed E-state index contributed by atoms with van der Waals surface area (Å²) in [4.78, 5) is 43.8. The third-order valence-corrected chi connectivity index (χ3v) is 11.2. The number of hydrogen-bond donors (Lipinski definition) is 1. The minimum absolute atomic E-state index is 0.0727. The summed E-state index contributed by atoms with van der Waals surface area (Å²) >= 11 is 0. The first-order valence-corrected chi connectivity index (χ1v) is 17.6. The zero-order valence-electron chi connectivity index (χ0n) is 27.1. The number of benzene rings is 2. The Hall–Kier alpha value is -3.30. The van der Waals surface area contributed by atoms with Crippen LogP contribution in [-0.4, -0.2) is 88.0 Å². The molecule has 4 fully saturated rings. The van der Waals surface area contributed by atoms with Crippen LogP contribution in [0.4, 0.5) is 5.69 Å². The number of rotatable bonds is 13. The van der Waals surface area contributed by atoms with Crippen LogP contribution < -0.4 is 0 Å². The van der Waals surface area contributed by atoms with Gasteiger partial charge >= 0.3 is 5.97 Å². The van der Waals surface area contributed by atoms with Gasteiger partial charge in [0.05, 0.1) is 4.92 Å². The maximum atomic E-state index is 13.6. The summed E-state index contributed by atoms with van der Waals surface area (Å²) < 4.78 is 0. The van der Waals surface area contributed by atoms with Crippen LogP contribution in [0.2, 0.25) is 0 Å². The van der Waals surface area contributed by atoms with E-state index in [9.17, 15) is 24.8 Å². The smallest absolute Gasteiger partial charge is 0.321 e. The summed E-state index contributed by atoms with van der Waals surface area (Å²) in [5.41, 5.74) is 2.34. The molecule has 0 radical (unpaired) electrons. The van der Waals surface area contributed by atoms with Gasteiger partial charge in [0.25, 0.3) is 5.69 Å². The van der Waals surface area contributed by atoms with Crippen molar-refractivity contribution in [2.75, 3.05) is 39.3 Å². The molecule has 248 valence electrons. The summed E-state index contributed by atoms with van der Waals surface area (Å²) in [7, 11) is 0. The van der Waals surface area contributed by atoms with Gasteiger partial charge in [-0.25, -0.2) is 0 Å². The molecule has 4 aliphatic rings. The number of nitrogens with zero attached hydrogens (tertiary/aromatic N) is 4. The Morgan fingerprint density at radius 3 is 2.24 bits per heavy atom. The van der Waals surface area contributed by atoms with E-state index in [-0.39, 0.29) is 23.6 Å². The van der Waals surface area contributed by atoms with E-state index in [1.54, 1.807) is 12.1 Å². The van der Waals surface area contributed by atoms with E-state index in [1.807, 2.05) is 0 Å². The van der Waals surface area contributed by atoms with Crippen LogP contribution in [0.5, 0.6) is 0 Å². The number of aliphatic carboxylic acids is 1. The third kappa shape index (κ3) is 8.15. The molecule has 0 spiro atoms. The predicted molar refractivity (Wildman–Crippen MR) is 178 cm³/mol. The number of carboxylic acid groups (broad SMARTS) is 1. The molecule has 1 amide bonds. The Kier molecular flexibility index (Phi) is 10.7. The Morgan fingerprint density at radius 1 is 0.913 bits per heavy atom. The number of likely N-dealkylation sites (tertiary alicyclic amines) is 2. The van der Waals surface area contributed by atoms with Crippen molar-refractivity contribution in [1.29, 1.82) is 0 Å². The zero-order chi connectivity index (χ0) is 32.0.